The average Bonchev–Trinajstić information content (AvgIpc) is 3.97. The largest absolute Gasteiger partial charge is 0.394 e. The van der Waals surface area contributed by atoms with Crippen molar-refractivity contribution in [2.24, 2.45) is 5.92 Å². The van der Waals surface area contributed by atoms with E-state index in [0.717, 1.165) is 55.3 Å². The molecule has 7 aromatic rings. The molecule has 4 atom stereocenters. The van der Waals surface area contributed by atoms with E-state index < -0.39 is 11.7 Å². The molecule has 4 amide bonds. The zero-order valence-corrected chi connectivity index (χ0v) is 34.5. The van der Waals surface area contributed by atoms with Crippen molar-refractivity contribution in [3.63, 3.8) is 0 Å². The van der Waals surface area contributed by atoms with Crippen LogP contribution < -0.4 is 14.7 Å². The van der Waals surface area contributed by atoms with E-state index in [0.29, 0.717) is 47.5 Å². The van der Waals surface area contributed by atoms with Gasteiger partial charge in [-0.05, 0) is 94.9 Å². The van der Waals surface area contributed by atoms with Crippen LogP contribution in [0, 0.1) is 5.92 Å². The topological polar surface area (TPSA) is 111 Å². The number of rotatable bonds is 7. The minimum Gasteiger partial charge on any atom is -0.394 e. The van der Waals surface area contributed by atoms with Crippen molar-refractivity contribution in [2.45, 2.75) is 57.0 Å². The summed E-state index contributed by atoms with van der Waals surface area (Å²) in [6.45, 7) is 2.49. The molecule has 0 aromatic heterocycles. The second-order valence-corrected chi connectivity index (χ2v) is 17.5. The molecule has 0 unspecified atom stereocenters. The Morgan fingerprint density at radius 3 is 1.95 bits per heavy atom. The standard InChI is InChI=1S/C53H42N4O6/c1-31-24-40(27-47(59)54-29-36-9-3-2-8-35(36)25-39(54)30-58)63-53(31)43-26-38(57-46-17-7-13-34-11-5-15-42(49(34)46)51(57)61)22-23-44(43)55(52(53)62)28-32-18-20-37(21-19-32)56-45-16-6-12-33-10-4-14-41(48(33)45)50(56)60/h2-23,26,31,39-40,58H,24-25,27-30H2,1H3/t31-,39+,40-,53+/m1/s1. The van der Waals surface area contributed by atoms with Gasteiger partial charge in [0.2, 0.25) is 5.91 Å². The van der Waals surface area contributed by atoms with Gasteiger partial charge in [0.1, 0.15) is 0 Å². The molecule has 1 N–H and O–H groups in total. The van der Waals surface area contributed by atoms with E-state index in [2.05, 4.69) is 0 Å². The molecule has 0 aliphatic carbocycles. The van der Waals surface area contributed by atoms with Gasteiger partial charge in [0.15, 0.2) is 5.60 Å². The highest BCUT2D eigenvalue weighted by Gasteiger charge is 2.60. The minimum atomic E-state index is -1.42. The van der Waals surface area contributed by atoms with Gasteiger partial charge in [0, 0.05) is 40.2 Å². The van der Waals surface area contributed by atoms with Crippen LogP contribution in [0.25, 0.3) is 21.5 Å². The smallest absolute Gasteiger partial charge is 0.264 e. The second-order valence-electron chi connectivity index (χ2n) is 17.5. The summed E-state index contributed by atoms with van der Waals surface area (Å²) in [4.78, 5) is 64.3. The number of aliphatic hydroxyl groups is 1. The fraction of sp³-hybridized carbons (Fsp3) is 0.208. The first-order valence-corrected chi connectivity index (χ1v) is 21.7. The van der Waals surface area contributed by atoms with Gasteiger partial charge in [0.05, 0.1) is 59.9 Å². The number of hydrogen-bond acceptors (Lipinski definition) is 6. The number of nitrogens with zero attached hydrogens (tertiary/aromatic N) is 4. The van der Waals surface area contributed by atoms with E-state index in [9.17, 15) is 19.5 Å². The lowest BCUT2D eigenvalue weighted by Crippen LogP contribution is -2.47. The van der Waals surface area contributed by atoms with Crippen LogP contribution in [0.15, 0.2) is 140 Å². The van der Waals surface area contributed by atoms with Crippen molar-refractivity contribution in [3.8, 4) is 0 Å². The molecule has 0 bridgehead atoms. The molecule has 10 heteroatoms. The lowest BCUT2D eigenvalue weighted by molar-refractivity contribution is -0.151. The second kappa shape index (κ2) is 13.9. The minimum absolute atomic E-state index is 0.0588. The summed E-state index contributed by atoms with van der Waals surface area (Å²) in [5.41, 5.74) is 7.25. The third kappa shape index (κ3) is 5.44. The number of hydrogen-bond donors (Lipinski definition) is 1. The summed E-state index contributed by atoms with van der Waals surface area (Å²) in [6, 6.07) is 44.5. The van der Waals surface area contributed by atoms with Gasteiger partial charge in [-0.25, -0.2) is 0 Å². The third-order valence-electron chi connectivity index (χ3n) is 14.1. The Morgan fingerprint density at radius 1 is 0.698 bits per heavy atom. The molecule has 1 fully saturated rings. The molecule has 12 rings (SSSR count). The fourth-order valence-electron chi connectivity index (χ4n) is 11.1. The molecule has 5 aliphatic rings. The highest BCUT2D eigenvalue weighted by atomic mass is 16.5. The normalized spacial score (nSPS) is 22.0. The summed E-state index contributed by atoms with van der Waals surface area (Å²) in [5.74, 6) is -0.891. The summed E-state index contributed by atoms with van der Waals surface area (Å²) < 4.78 is 7.00. The first-order valence-electron chi connectivity index (χ1n) is 21.7. The molecule has 5 aliphatic heterocycles. The maximum atomic E-state index is 15.3. The van der Waals surface area contributed by atoms with Crippen LogP contribution >= 0.6 is 0 Å². The zero-order valence-electron chi connectivity index (χ0n) is 34.5. The predicted molar refractivity (Wildman–Crippen MR) is 241 cm³/mol. The molecule has 63 heavy (non-hydrogen) atoms. The Hall–Kier alpha value is -7.14. The highest BCUT2D eigenvalue weighted by molar-refractivity contribution is 6.29. The molecule has 1 saturated heterocycles. The number of benzene rings is 7. The number of aliphatic hydroxyl groups excluding tert-OH is 1. The van der Waals surface area contributed by atoms with Gasteiger partial charge < -0.3 is 19.6 Å². The van der Waals surface area contributed by atoms with E-state index in [1.165, 1.54) is 0 Å². The van der Waals surface area contributed by atoms with Crippen LogP contribution in [0.2, 0.25) is 0 Å². The number of carbonyl (C=O) groups excluding carboxylic acids is 4. The molecule has 310 valence electrons. The first kappa shape index (κ1) is 37.6. The number of amides is 4. The van der Waals surface area contributed by atoms with Gasteiger partial charge in [-0.15, -0.1) is 0 Å². The molecule has 1 spiro atoms. The maximum Gasteiger partial charge on any atom is 0.264 e. The third-order valence-corrected chi connectivity index (χ3v) is 14.1. The number of fused-ring (bicyclic) bond motifs is 3. The van der Waals surface area contributed by atoms with Crippen molar-refractivity contribution in [1.29, 1.82) is 0 Å². The summed E-state index contributed by atoms with van der Waals surface area (Å²) >= 11 is 0. The van der Waals surface area contributed by atoms with Crippen LogP contribution in [0.3, 0.4) is 0 Å². The molecule has 7 aromatic carbocycles. The van der Waals surface area contributed by atoms with E-state index in [1.807, 2.05) is 146 Å². The number of anilines is 5. The maximum absolute atomic E-state index is 15.3. The van der Waals surface area contributed by atoms with Gasteiger partial charge in [-0.3, -0.25) is 29.0 Å². The van der Waals surface area contributed by atoms with Gasteiger partial charge in [-0.2, -0.15) is 0 Å². The Kier molecular flexibility index (Phi) is 8.32. The van der Waals surface area contributed by atoms with Crippen molar-refractivity contribution in [3.05, 3.63) is 173 Å². The first-order chi connectivity index (χ1) is 30.7. The van der Waals surface area contributed by atoms with Crippen molar-refractivity contribution < 1.29 is 29.0 Å². The van der Waals surface area contributed by atoms with E-state index in [4.69, 9.17) is 4.74 Å². The molecular formula is C53H42N4O6. The Balaban J connectivity index is 0.887. The molecule has 10 nitrogen and oxygen atoms in total. The Labute approximate surface area is 363 Å². The molecular weight excluding hydrogens is 789 g/mol. The van der Waals surface area contributed by atoms with Gasteiger partial charge in [0.25, 0.3) is 17.7 Å². The van der Waals surface area contributed by atoms with Crippen molar-refractivity contribution >= 4 is 73.6 Å². The summed E-state index contributed by atoms with van der Waals surface area (Å²) in [5, 5.41) is 14.2. The quantitative estimate of drug-likeness (QED) is 0.172. The van der Waals surface area contributed by atoms with Crippen molar-refractivity contribution in [1.82, 2.24) is 4.90 Å². The average molecular weight is 831 g/mol. The molecule has 5 heterocycles. The predicted octanol–water partition coefficient (Wildman–Crippen LogP) is 9.08. The highest BCUT2D eigenvalue weighted by Crippen LogP contribution is 2.56. The fourth-order valence-corrected chi connectivity index (χ4v) is 11.1. The zero-order chi connectivity index (χ0) is 42.7. The van der Waals surface area contributed by atoms with Gasteiger partial charge >= 0.3 is 0 Å². The molecule has 0 saturated carbocycles. The van der Waals surface area contributed by atoms with E-state index >= 15 is 4.79 Å². The monoisotopic (exact) mass is 830 g/mol. The van der Waals surface area contributed by atoms with Crippen LogP contribution in [0.4, 0.5) is 28.4 Å². The van der Waals surface area contributed by atoms with Crippen LogP contribution in [-0.4, -0.2) is 52.4 Å². The summed E-state index contributed by atoms with van der Waals surface area (Å²) in [7, 11) is 0. The Morgan fingerprint density at radius 2 is 1.30 bits per heavy atom. The lowest BCUT2D eigenvalue weighted by Gasteiger charge is -2.36. The number of ether oxygens (including phenoxy) is 1. The molecule has 0 radical (unpaired) electrons. The van der Waals surface area contributed by atoms with E-state index in [-0.39, 0.29) is 55.2 Å². The van der Waals surface area contributed by atoms with Crippen LogP contribution in [0.1, 0.15) is 62.7 Å². The van der Waals surface area contributed by atoms with E-state index in [1.54, 1.807) is 19.6 Å². The number of carbonyl (C=O) groups is 4. The van der Waals surface area contributed by atoms with Crippen LogP contribution in [-0.2, 0) is 39.4 Å². The van der Waals surface area contributed by atoms with Crippen LogP contribution in [0.5, 0.6) is 0 Å². The van der Waals surface area contributed by atoms with Gasteiger partial charge in [-0.1, -0.05) is 91.9 Å². The summed E-state index contributed by atoms with van der Waals surface area (Å²) in [6.07, 6.45) is 0.523. The van der Waals surface area contributed by atoms with Crippen molar-refractivity contribution in [2.75, 3.05) is 21.3 Å². The SMILES string of the molecule is C[C@@H]1C[C@H](CC(=O)N2Cc3ccccc3C[C@H]2CO)O[C@@]12C(=O)N(Cc1ccc(N3C(=O)c4cccc5cccc3c45)cc1)c1ccc(N3C(=O)c4cccc5cccc3c45)cc12. The Bertz CT molecular complexity index is 3120. The lowest BCUT2D eigenvalue weighted by atomic mass is 9.82.